The van der Waals surface area contributed by atoms with E-state index >= 15 is 0 Å². The van der Waals surface area contributed by atoms with Gasteiger partial charge in [-0.3, -0.25) is 4.79 Å². The summed E-state index contributed by atoms with van der Waals surface area (Å²) < 4.78 is 14.0. The van der Waals surface area contributed by atoms with E-state index in [-0.39, 0.29) is 69.4 Å². The van der Waals surface area contributed by atoms with Crippen molar-refractivity contribution in [3.63, 3.8) is 0 Å². The van der Waals surface area contributed by atoms with Crippen LogP contribution in [0.25, 0.3) is 0 Å². The number of hydrogen-bond donors (Lipinski definition) is 2. The maximum Gasteiger partial charge on any atom is 0.232 e. The Morgan fingerprint density at radius 2 is 1.02 bits per heavy atom. The molecule has 2 N–H and O–H groups in total. The summed E-state index contributed by atoms with van der Waals surface area (Å²) in [7, 11) is -4.55. The van der Waals surface area contributed by atoms with Crippen LogP contribution in [0.2, 0.25) is 36.3 Å². The van der Waals surface area contributed by atoms with Gasteiger partial charge in [0.05, 0.1) is 31.3 Å². The molecular formula is C47H99NO4Si2. The van der Waals surface area contributed by atoms with E-state index in [9.17, 15) is 9.90 Å². The maximum absolute atomic E-state index is 13.1. The quantitative estimate of drug-likeness (QED) is 0.111. The zero-order valence-corrected chi connectivity index (χ0v) is 35.7. The summed E-state index contributed by atoms with van der Waals surface area (Å²) in [5, 5.41) is 13.5. The molecule has 0 unspecified atom stereocenters. The van der Waals surface area contributed by atoms with Crippen LogP contribution in [0.5, 0.6) is 0 Å². The third kappa shape index (κ3) is 21.8. The summed E-state index contributed by atoms with van der Waals surface area (Å²) in [5.74, 6) is 57.4. The highest BCUT2D eigenvalue weighted by Gasteiger charge is 2.46. The van der Waals surface area contributed by atoms with Crippen LogP contribution in [0.3, 0.4) is 0 Å². The molecule has 54 heavy (non-hydrogen) atoms. The van der Waals surface area contributed by atoms with E-state index in [0.717, 1.165) is 25.7 Å². The number of aliphatic hydroxyl groups excluding tert-OH is 1. The first-order chi connectivity index (χ1) is 25.4. The van der Waals surface area contributed by atoms with Gasteiger partial charge in [0.1, 0.15) is 0 Å². The second-order valence-electron chi connectivity index (χ2n) is 14.7. The maximum atomic E-state index is 13.1. The molecule has 0 aromatic heterocycles. The first-order valence-corrected chi connectivity index (χ1v) is 23.4. The molecule has 5 nitrogen and oxygen atoms in total. The van der Waals surface area contributed by atoms with Crippen molar-refractivity contribution in [3.8, 4) is 143 Å². The van der Waals surface area contributed by atoms with Gasteiger partial charge in [0, 0.05) is 69.8 Å². The van der Waals surface area contributed by atoms with Gasteiger partial charge in [-0.15, -0.1) is 6.42 Å². The Kier molecular flexibility index (Phi) is 23.6. The van der Waals surface area contributed by atoms with Gasteiger partial charge in [0.25, 0.3) is 0 Å². The third-order valence-corrected chi connectivity index (χ3v) is 17.5. The molecular weight excluding hydrogens is 699 g/mol. The van der Waals surface area contributed by atoms with Crippen molar-refractivity contribution in [1.29, 1.82) is 0 Å². The predicted molar refractivity (Wildman–Crippen MR) is 277 cm³/mol. The van der Waals surface area contributed by atoms with Crippen molar-refractivity contribution < 1.29 is 53.0 Å². The molecule has 0 rings (SSSR count). The predicted octanol–water partition coefficient (Wildman–Crippen LogP) is 11.8. The lowest BCUT2D eigenvalue weighted by atomic mass is 10.0. The zero-order chi connectivity index (χ0) is 40.9. The number of carbonyl (C=O) groups is 1. The Hall–Kier alpha value is -5.50. The van der Waals surface area contributed by atoms with Gasteiger partial charge in [-0.05, 0) is 137 Å². The molecule has 0 saturated heterocycles. The number of amides is 1. The summed E-state index contributed by atoms with van der Waals surface area (Å²) in [6, 6.07) is -0.667. The van der Waals surface area contributed by atoms with Gasteiger partial charge in [0.2, 0.25) is 5.91 Å². The van der Waals surface area contributed by atoms with Crippen LogP contribution in [0.1, 0.15) is 115 Å². The topological polar surface area (TPSA) is 67.8 Å². The van der Waals surface area contributed by atoms with Crippen LogP contribution in [-0.2, 0) is 13.6 Å². The van der Waals surface area contributed by atoms with Gasteiger partial charge in [-0.1, -0.05) is 73.6 Å². The zero-order valence-electron chi connectivity index (χ0n) is 33.7. The lowest BCUT2D eigenvalue weighted by Crippen LogP contribution is -2.59. The Morgan fingerprint density at radius 3 is 1.37 bits per heavy atom. The molecule has 0 radical (unpaired) electrons. The van der Waals surface area contributed by atoms with Crippen molar-refractivity contribution >= 4 is 22.5 Å². The Morgan fingerprint density at radius 1 is 0.648 bits per heavy atom. The molecule has 0 aliphatic heterocycles. The molecule has 0 saturated carbocycles. The van der Waals surface area contributed by atoms with Gasteiger partial charge in [-0.25, -0.2) is 0 Å². The van der Waals surface area contributed by atoms with Crippen molar-refractivity contribution in [2.45, 2.75) is 135 Å². The summed E-state index contributed by atoms with van der Waals surface area (Å²) in [6.07, 6.45) is 7.93. The first kappa shape index (κ1) is 48.5. The molecule has 3 atom stereocenters. The third-order valence-electron chi connectivity index (χ3n) is 8.55. The number of carbonyl (C=O) groups excluding carboxylic acids is 1. The highest BCUT2D eigenvalue weighted by atomic mass is 28.4. The monoisotopic (exact) mass is 798 g/mol. The fraction of sp³-hybridized carbons (Fsp3) is 0.468. The standard InChI is InChI=1S/C47H51NO4Si2.24H2/c1-13-15-17-18-19-20-21-22-23-24-25-26-27-28-29-30-31-32-33-34-35-36-38-40-44(50)48-42(41-49)45(52-54(11,12)47(6,7)8)43(39-37-16-14-2)51-53(9,10)46(3,4)5;;;;;;;;;;;;;;;;;;;;;;;;/h1,42-43,45,49H,14,16,37,39-41H2,2-12H3,(H,48,50);24*1H/t42-,43+,45-;;;;;;;;;;;;;;;;;;;;;;;;/m0......................../s1. The van der Waals surface area contributed by atoms with E-state index in [4.69, 9.17) is 15.3 Å². The normalized spacial score (nSPS) is 11.2. The first-order valence-electron chi connectivity index (χ1n) is 17.6. The number of terminal acetylenes is 1. The summed E-state index contributed by atoms with van der Waals surface area (Å²) >= 11 is 0. The summed E-state index contributed by atoms with van der Waals surface area (Å²) in [5.41, 5.74) is 0. The Labute approximate surface area is 365 Å². The molecule has 1 amide bonds. The molecule has 0 aliphatic rings. The van der Waals surface area contributed by atoms with Crippen molar-refractivity contribution in [1.82, 2.24) is 5.32 Å². The molecule has 0 heterocycles. The molecule has 0 fully saturated rings. The van der Waals surface area contributed by atoms with Crippen LogP contribution in [0.4, 0.5) is 0 Å². The van der Waals surface area contributed by atoms with Gasteiger partial charge >= 0.3 is 0 Å². The van der Waals surface area contributed by atoms with E-state index in [1.54, 1.807) is 0 Å². The molecule has 7 heteroatoms. The highest BCUT2D eigenvalue weighted by molar-refractivity contribution is 6.74. The molecule has 0 bridgehead atoms. The average Bonchev–Trinajstić information content (AvgIpc) is 3.08. The SMILES string of the molecule is C#CC#CC#CC#CC#CC#CC#CC#CC#CC#CC#CC#CCC(=O)N[C@@H](CO)[C@H](O[Si](C)(C)C(C)(C)C)[C@@H](CCCCC)O[Si](C)(C)C(C)(C)C.[HH].[HH].[HH].[HH].[HH].[HH].[HH].[HH].[HH].[HH].[HH].[HH].[HH].[HH].[HH].[HH].[HH].[HH].[HH].[HH].[HH].[HH].[HH].[HH]. The smallest absolute Gasteiger partial charge is 0.232 e. The van der Waals surface area contributed by atoms with Gasteiger partial charge in [0.15, 0.2) is 16.6 Å². The number of nitrogens with one attached hydrogen (secondary N) is 1. The molecule has 0 spiro atoms. The van der Waals surface area contributed by atoms with E-state index in [1.807, 2.05) is 0 Å². The van der Waals surface area contributed by atoms with Crippen LogP contribution >= 0.6 is 0 Å². The number of aliphatic hydroxyl groups is 1. The lowest BCUT2D eigenvalue weighted by Gasteiger charge is -2.47. The molecule has 0 aromatic carbocycles. The minimum atomic E-state index is -2.33. The van der Waals surface area contributed by atoms with Crippen LogP contribution in [0, 0.1) is 143 Å². The highest BCUT2D eigenvalue weighted by Crippen LogP contribution is 2.41. The van der Waals surface area contributed by atoms with Crippen molar-refractivity contribution in [3.05, 3.63) is 0 Å². The summed E-state index contributed by atoms with van der Waals surface area (Å²) in [4.78, 5) is 13.1. The second kappa shape index (κ2) is 26.3. The Bertz CT molecular complexity index is 2130. The minimum absolute atomic E-state index is 0. The second-order valence-corrected chi connectivity index (χ2v) is 24.2. The van der Waals surface area contributed by atoms with E-state index < -0.39 is 28.8 Å². The van der Waals surface area contributed by atoms with Gasteiger partial charge < -0.3 is 19.3 Å². The molecule has 324 valence electrons. The minimum Gasteiger partial charge on any atom is -0.411 e. The van der Waals surface area contributed by atoms with Crippen LogP contribution < -0.4 is 5.32 Å². The van der Waals surface area contributed by atoms with Gasteiger partial charge in [-0.2, -0.15) is 0 Å². The number of unbranched alkanes of at least 4 members (excludes halogenated alkanes) is 2. The lowest BCUT2D eigenvalue weighted by molar-refractivity contribution is -0.122. The number of rotatable bonds is 13. The van der Waals surface area contributed by atoms with Crippen molar-refractivity contribution in [2.24, 2.45) is 0 Å². The largest absolute Gasteiger partial charge is 0.411 e. The van der Waals surface area contributed by atoms with E-state index in [1.165, 1.54) is 0 Å². The fourth-order valence-electron chi connectivity index (χ4n) is 3.66. The van der Waals surface area contributed by atoms with E-state index in [2.05, 4.69) is 216 Å². The Balaban J connectivity index is -0.0000000509. The van der Waals surface area contributed by atoms with Crippen molar-refractivity contribution in [2.75, 3.05) is 6.61 Å². The average molecular weight is 798 g/mol. The summed E-state index contributed by atoms with van der Waals surface area (Å²) in [6.45, 7) is 23.9. The number of hydrogen-bond acceptors (Lipinski definition) is 4. The van der Waals surface area contributed by atoms with E-state index in [0.29, 0.717) is 0 Å². The molecule has 0 aromatic rings. The fourth-order valence-corrected chi connectivity index (χ4v) is 6.38. The van der Waals surface area contributed by atoms with Crippen LogP contribution in [0.15, 0.2) is 0 Å². The van der Waals surface area contributed by atoms with Crippen LogP contribution in [-0.4, -0.2) is 52.5 Å². The molecule has 0 aliphatic carbocycles.